The van der Waals surface area contributed by atoms with Gasteiger partial charge in [0.15, 0.2) is 0 Å². The van der Waals surface area contributed by atoms with Gasteiger partial charge in [-0.1, -0.05) is 14.6 Å². The van der Waals surface area contributed by atoms with Crippen molar-refractivity contribution in [1.82, 2.24) is 0 Å². The van der Waals surface area contributed by atoms with Crippen LogP contribution >= 0.6 is 8.58 Å². The molecule has 0 saturated heterocycles. The second-order valence-corrected chi connectivity index (χ2v) is 4.29. The van der Waals surface area contributed by atoms with Gasteiger partial charge in [-0.25, -0.2) is 0 Å². The average molecular weight is 227 g/mol. The van der Waals surface area contributed by atoms with Crippen LogP contribution in [0.2, 0.25) is 0 Å². The van der Waals surface area contributed by atoms with Crippen molar-refractivity contribution in [3.8, 4) is 5.75 Å². The summed E-state index contributed by atoms with van der Waals surface area (Å²) in [5.74, 6) is -0.757. The van der Waals surface area contributed by atoms with Crippen LogP contribution in [0.1, 0.15) is 5.56 Å². The summed E-state index contributed by atoms with van der Waals surface area (Å²) >= 11 is 0. The number of phenolic OH excluding ortho intramolecular Hbond substituents is 1. The highest BCUT2D eigenvalue weighted by Gasteiger charge is 2.12. The molecule has 0 radical (unpaired) electrons. The molecule has 4 nitrogen and oxygen atoms in total. The third-order valence-electron chi connectivity index (χ3n) is 2.10. The number of rotatable bonds is 4. The van der Waals surface area contributed by atoms with Crippen molar-refractivity contribution in [1.29, 1.82) is 0 Å². The van der Waals surface area contributed by atoms with Gasteiger partial charge < -0.3 is 15.9 Å². The Hall–Kier alpha value is -1.12. The number of hydrogen-bond donors (Lipinski definition) is 3. The summed E-state index contributed by atoms with van der Waals surface area (Å²) in [5.41, 5.74) is 6.26. The highest BCUT2D eigenvalue weighted by molar-refractivity contribution is 7.46. The Morgan fingerprint density at radius 3 is 2.80 bits per heavy atom. The first-order valence-electron chi connectivity index (χ1n) is 4.52. The summed E-state index contributed by atoms with van der Waals surface area (Å²) in [6.45, 7) is 1.95. The second-order valence-electron chi connectivity index (χ2n) is 3.25. The second kappa shape index (κ2) is 5.10. The van der Waals surface area contributed by atoms with Crippen molar-refractivity contribution in [2.75, 3.05) is 6.66 Å². The molecule has 0 amide bonds. The Morgan fingerprint density at radius 1 is 1.60 bits per heavy atom. The normalized spacial score (nSPS) is 13.2. The number of carboxylic acids is 1. The van der Waals surface area contributed by atoms with E-state index in [1.807, 2.05) is 6.66 Å². The SMILES string of the molecule is CPc1cc(C[C@H](N)C(=O)O)ccc1O. The van der Waals surface area contributed by atoms with Crippen LogP contribution in [0.15, 0.2) is 18.2 Å². The first kappa shape index (κ1) is 12.0. The van der Waals surface area contributed by atoms with Gasteiger partial charge in [0.25, 0.3) is 0 Å². The summed E-state index contributed by atoms with van der Waals surface area (Å²) in [6, 6.07) is 4.19. The minimum Gasteiger partial charge on any atom is -0.507 e. The molecule has 0 aliphatic heterocycles. The van der Waals surface area contributed by atoms with Gasteiger partial charge in [0.2, 0.25) is 0 Å². The maximum atomic E-state index is 10.6. The lowest BCUT2D eigenvalue weighted by molar-refractivity contribution is -0.138. The van der Waals surface area contributed by atoms with Crippen molar-refractivity contribution in [3.05, 3.63) is 23.8 Å². The van der Waals surface area contributed by atoms with E-state index in [1.54, 1.807) is 18.2 Å². The number of benzene rings is 1. The molecule has 0 saturated carbocycles. The molecule has 82 valence electrons. The zero-order valence-corrected chi connectivity index (χ0v) is 9.40. The van der Waals surface area contributed by atoms with Crippen molar-refractivity contribution in [2.45, 2.75) is 12.5 Å². The molecular weight excluding hydrogens is 213 g/mol. The summed E-state index contributed by atoms with van der Waals surface area (Å²) < 4.78 is 0. The molecule has 4 N–H and O–H groups in total. The Labute approximate surface area is 89.9 Å². The maximum absolute atomic E-state index is 10.6. The lowest BCUT2D eigenvalue weighted by Gasteiger charge is -2.08. The summed E-state index contributed by atoms with van der Waals surface area (Å²) in [7, 11) is 0.478. The van der Waals surface area contributed by atoms with Crippen molar-refractivity contribution in [2.24, 2.45) is 5.73 Å². The van der Waals surface area contributed by atoms with Crippen LogP contribution in [0.25, 0.3) is 0 Å². The van der Waals surface area contributed by atoms with Crippen LogP contribution in [0, 0.1) is 0 Å². The Bertz CT molecular complexity index is 368. The molecule has 0 spiro atoms. The fourth-order valence-electron chi connectivity index (χ4n) is 1.25. The molecule has 1 rings (SSSR count). The van der Waals surface area contributed by atoms with E-state index in [0.29, 0.717) is 8.58 Å². The number of hydrogen-bond acceptors (Lipinski definition) is 3. The van der Waals surface area contributed by atoms with Crippen LogP contribution in [-0.4, -0.2) is 28.9 Å². The van der Waals surface area contributed by atoms with Gasteiger partial charge in [-0.3, -0.25) is 4.79 Å². The monoisotopic (exact) mass is 227 g/mol. The van der Waals surface area contributed by atoms with Crippen molar-refractivity contribution in [3.63, 3.8) is 0 Å². The quantitative estimate of drug-likeness (QED) is 0.645. The highest BCUT2D eigenvalue weighted by Crippen LogP contribution is 2.17. The molecule has 1 unspecified atom stereocenters. The molecule has 2 atom stereocenters. The van der Waals surface area contributed by atoms with Crippen LogP contribution in [0.4, 0.5) is 0 Å². The molecule has 0 heterocycles. The van der Waals surface area contributed by atoms with Gasteiger partial charge >= 0.3 is 5.97 Å². The molecule has 0 bridgehead atoms. The van der Waals surface area contributed by atoms with Crippen LogP contribution in [0.3, 0.4) is 0 Å². The predicted molar refractivity (Wildman–Crippen MR) is 61.3 cm³/mol. The summed E-state index contributed by atoms with van der Waals surface area (Å²) in [5, 5.41) is 18.9. The van der Waals surface area contributed by atoms with Gasteiger partial charge in [0, 0.05) is 5.30 Å². The minimum atomic E-state index is -1.01. The summed E-state index contributed by atoms with van der Waals surface area (Å²) in [4.78, 5) is 10.6. The largest absolute Gasteiger partial charge is 0.507 e. The Balaban J connectivity index is 2.83. The zero-order chi connectivity index (χ0) is 11.4. The van der Waals surface area contributed by atoms with Crippen LogP contribution in [-0.2, 0) is 11.2 Å². The Morgan fingerprint density at radius 2 is 2.27 bits per heavy atom. The number of carbonyl (C=O) groups is 1. The fourth-order valence-corrected chi connectivity index (χ4v) is 1.92. The molecule has 0 aliphatic rings. The topological polar surface area (TPSA) is 83.6 Å². The molecule has 1 aromatic rings. The van der Waals surface area contributed by atoms with E-state index in [9.17, 15) is 9.90 Å². The molecule has 0 aromatic heterocycles. The van der Waals surface area contributed by atoms with Gasteiger partial charge in [0.05, 0.1) is 0 Å². The standard InChI is InChI=1S/C10H14NO3P/c1-15-9-5-6(2-3-8(9)12)4-7(11)10(13)14/h2-3,5,7,12,15H,4,11H2,1H3,(H,13,14)/t7-/m0/s1. The third-order valence-corrected chi connectivity index (χ3v) is 3.04. The van der Waals surface area contributed by atoms with Gasteiger partial charge in [-0.15, -0.1) is 0 Å². The third kappa shape index (κ3) is 3.18. The molecule has 15 heavy (non-hydrogen) atoms. The van der Waals surface area contributed by atoms with Crippen LogP contribution < -0.4 is 11.0 Å². The zero-order valence-electron chi connectivity index (χ0n) is 8.40. The minimum absolute atomic E-state index is 0.253. The number of carboxylic acid groups (broad SMARTS) is 1. The maximum Gasteiger partial charge on any atom is 0.320 e. The van der Waals surface area contributed by atoms with Gasteiger partial charge in [-0.05, 0) is 30.8 Å². The first-order valence-corrected chi connectivity index (χ1v) is 6.02. The Kier molecular flexibility index (Phi) is 4.06. The summed E-state index contributed by atoms with van der Waals surface area (Å²) in [6.07, 6.45) is 0.285. The lowest BCUT2D eigenvalue weighted by Crippen LogP contribution is -2.32. The van der Waals surface area contributed by atoms with E-state index in [2.05, 4.69) is 0 Å². The number of aromatic hydroxyl groups is 1. The number of phenols is 1. The number of aliphatic carboxylic acids is 1. The van der Waals surface area contributed by atoms with E-state index >= 15 is 0 Å². The van der Waals surface area contributed by atoms with E-state index < -0.39 is 12.0 Å². The van der Waals surface area contributed by atoms with E-state index in [1.165, 1.54) is 0 Å². The van der Waals surface area contributed by atoms with E-state index in [4.69, 9.17) is 10.8 Å². The molecule has 0 aliphatic carbocycles. The lowest BCUT2D eigenvalue weighted by atomic mass is 10.1. The first-order chi connectivity index (χ1) is 7.04. The fraction of sp³-hybridized carbons (Fsp3) is 0.300. The average Bonchev–Trinajstić information content (AvgIpc) is 2.20. The molecule has 0 fully saturated rings. The van der Waals surface area contributed by atoms with E-state index in [0.717, 1.165) is 10.9 Å². The molecular formula is C10H14NO3P. The van der Waals surface area contributed by atoms with Crippen molar-refractivity contribution >= 4 is 19.9 Å². The molecule has 1 aromatic carbocycles. The van der Waals surface area contributed by atoms with Crippen LogP contribution in [0.5, 0.6) is 5.75 Å². The highest BCUT2D eigenvalue weighted by atomic mass is 31.1. The van der Waals surface area contributed by atoms with E-state index in [-0.39, 0.29) is 12.2 Å². The predicted octanol–water partition coefficient (Wildman–Crippen LogP) is 0.280. The number of nitrogens with two attached hydrogens (primary N) is 1. The van der Waals surface area contributed by atoms with Crippen molar-refractivity contribution < 1.29 is 15.0 Å². The smallest absolute Gasteiger partial charge is 0.320 e. The molecule has 5 heteroatoms. The van der Waals surface area contributed by atoms with Gasteiger partial charge in [0.1, 0.15) is 11.8 Å². The van der Waals surface area contributed by atoms with Gasteiger partial charge in [-0.2, -0.15) is 0 Å².